The van der Waals surface area contributed by atoms with Crippen LogP contribution in [0, 0.1) is 6.92 Å². The predicted octanol–water partition coefficient (Wildman–Crippen LogP) is 3.93. The van der Waals surface area contributed by atoms with Crippen LogP contribution in [-0.2, 0) is 0 Å². The zero-order valence-corrected chi connectivity index (χ0v) is 8.60. The standard InChI is InChI=1S/C11H12ClN/c1-4-10-7-8(2)5-6-11(10)13-9(3)12/h4-7H,1H2,2-3H3/b13-9+. The Kier molecular flexibility index (Phi) is 3.26. The molecule has 1 rings (SSSR count). The van der Waals surface area contributed by atoms with E-state index < -0.39 is 0 Å². The smallest absolute Gasteiger partial charge is 0.103 e. The summed E-state index contributed by atoms with van der Waals surface area (Å²) in [6.45, 7) is 7.52. The molecule has 2 heteroatoms. The monoisotopic (exact) mass is 193 g/mol. The van der Waals surface area contributed by atoms with Gasteiger partial charge in [0.25, 0.3) is 0 Å². The number of hydrogen-bond donors (Lipinski definition) is 0. The topological polar surface area (TPSA) is 12.4 Å². The number of benzene rings is 1. The highest BCUT2D eigenvalue weighted by Crippen LogP contribution is 2.22. The van der Waals surface area contributed by atoms with Crippen LogP contribution in [0.1, 0.15) is 18.1 Å². The third-order valence-electron chi connectivity index (χ3n) is 1.68. The molecule has 1 aromatic carbocycles. The Balaban J connectivity index is 3.21. The zero-order valence-electron chi connectivity index (χ0n) is 7.84. The molecule has 68 valence electrons. The first kappa shape index (κ1) is 10.0. The average molecular weight is 194 g/mol. The summed E-state index contributed by atoms with van der Waals surface area (Å²) in [6, 6.07) is 5.98. The van der Waals surface area contributed by atoms with E-state index in [1.165, 1.54) is 5.56 Å². The molecule has 0 N–H and O–H groups in total. The molecular weight excluding hydrogens is 182 g/mol. The van der Waals surface area contributed by atoms with Crippen molar-refractivity contribution in [3.63, 3.8) is 0 Å². The van der Waals surface area contributed by atoms with Crippen LogP contribution in [0.3, 0.4) is 0 Å². The number of hydrogen-bond acceptors (Lipinski definition) is 1. The molecule has 0 atom stereocenters. The molecule has 0 saturated carbocycles. The van der Waals surface area contributed by atoms with Crippen molar-refractivity contribution in [3.05, 3.63) is 35.9 Å². The average Bonchev–Trinajstić information content (AvgIpc) is 2.07. The Morgan fingerprint density at radius 2 is 2.23 bits per heavy atom. The van der Waals surface area contributed by atoms with Crippen molar-refractivity contribution in [3.8, 4) is 0 Å². The molecule has 0 aliphatic rings. The van der Waals surface area contributed by atoms with E-state index in [1.54, 1.807) is 13.0 Å². The maximum atomic E-state index is 5.70. The Morgan fingerprint density at radius 3 is 2.77 bits per heavy atom. The van der Waals surface area contributed by atoms with E-state index in [0.717, 1.165) is 11.3 Å². The summed E-state index contributed by atoms with van der Waals surface area (Å²) in [5, 5.41) is 0.534. The van der Waals surface area contributed by atoms with Gasteiger partial charge in [-0.25, -0.2) is 4.99 Å². The third kappa shape index (κ3) is 2.71. The second-order valence-corrected chi connectivity index (χ2v) is 3.42. The number of nitrogens with zero attached hydrogens (tertiary/aromatic N) is 1. The quantitative estimate of drug-likeness (QED) is 0.632. The molecule has 0 radical (unpaired) electrons. The highest BCUT2D eigenvalue weighted by Gasteiger charge is 1.97. The minimum atomic E-state index is 0.534. The van der Waals surface area contributed by atoms with Gasteiger partial charge in [0, 0.05) is 0 Å². The van der Waals surface area contributed by atoms with Gasteiger partial charge < -0.3 is 0 Å². The van der Waals surface area contributed by atoms with E-state index in [0.29, 0.717) is 5.17 Å². The van der Waals surface area contributed by atoms with Crippen molar-refractivity contribution < 1.29 is 0 Å². The summed E-state index contributed by atoms with van der Waals surface area (Å²) in [6.07, 6.45) is 1.78. The summed E-state index contributed by atoms with van der Waals surface area (Å²) in [7, 11) is 0. The fourth-order valence-electron chi connectivity index (χ4n) is 1.11. The van der Waals surface area contributed by atoms with Gasteiger partial charge in [-0.3, -0.25) is 0 Å². The van der Waals surface area contributed by atoms with Crippen molar-refractivity contribution in [1.82, 2.24) is 0 Å². The number of aliphatic imine (C=N–C) groups is 1. The Hall–Kier alpha value is -1.08. The molecule has 0 aliphatic carbocycles. The molecule has 0 spiro atoms. The van der Waals surface area contributed by atoms with E-state index in [-0.39, 0.29) is 0 Å². The van der Waals surface area contributed by atoms with Gasteiger partial charge in [-0.05, 0) is 31.5 Å². The molecule has 0 fully saturated rings. The normalized spacial score (nSPS) is 11.5. The van der Waals surface area contributed by atoms with Crippen molar-refractivity contribution in [2.24, 2.45) is 4.99 Å². The fraction of sp³-hybridized carbons (Fsp3) is 0.182. The Labute approximate surface area is 83.8 Å². The van der Waals surface area contributed by atoms with Gasteiger partial charge in [-0.15, -0.1) is 0 Å². The summed E-state index contributed by atoms with van der Waals surface area (Å²) >= 11 is 5.70. The first-order valence-corrected chi connectivity index (χ1v) is 4.45. The van der Waals surface area contributed by atoms with E-state index in [9.17, 15) is 0 Å². The lowest BCUT2D eigenvalue weighted by Crippen LogP contribution is -1.80. The molecule has 0 unspecified atom stereocenters. The van der Waals surface area contributed by atoms with Gasteiger partial charge in [0.15, 0.2) is 0 Å². The second-order valence-electron chi connectivity index (χ2n) is 2.88. The highest BCUT2D eigenvalue weighted by molar-refractivity contribution is 6.65. The molecular formula is C11H12ClN. The molecule has 0 amide bonds. The summed E-state index contributed by atoms with van der Waals surface area (Å²) in [5.74, 6) is 0. The number of halogens is 1. The summed E-state index contributed by atoms with van der Waals surface area (Å²) in [4.78, 5) is 4.18. The maximum absolute atomic E-state index is 5.70. The highest BCUT2D eigenvalue weighted by atomic mass is 35.5. The van der Waals surface area contributed by atoms with Crippen molar-refractivity contribution in [2.45, 2.75) is 13.8 Å². The van der Waals surface area contributed by atoms with Crippen LogP contribution in [0.15, 0.2) is 29.8 Å². The van der Waals surface area contributed by atoms with Crippen LogP contribution in [0.5, 0.6) is 0 Å². The van der Waals surface area contributed by atoms with Crippen LogP contribution >= 0.6 is 11.6 Å². The molecule has 13 heavy (non-hydrogen) atoms. The summed E-state index contributed by atoms with van der Waals surface area (Å²) in [5.41, 5.74) is 3.08. The predicted molar refractivity (Wildman–Crippen MR) is 59.9 cm³/mol. The van der Waals surface area contributed by atoms with Gasteiger partial charge in [0.1, 0.15) is 5.17 Å². The van der Waals surface area contributed by atoms with Crippen molar-refractivity contribution in [2.75, 3.05) is 0 Å². The SMILES string of the molecule is C=Cc1cc(C)ccc1/N=C(\C)Cl. The van der Waals surface area contributed by atoms with E-state index in [1.807, 2.05) is 25.1 Å². The molecule has 1 aromatic rings. The lowest BCUT2D eigenvalue weighted by molar-refractivity contribution is 1.42. The van der Waals surface area contributed by atoms with Crippen molar-refractivity contribution >= 4 is 28.5 Å². The van der Waals surface area contributed by atoms with Gasteiger partial charge >= 0.3 is 0 Å². The van der Waals surface area contributed by atoms with Crippen LogP contribution in [0.2, 0.25) is 0 Å². The van der Waals surface area contributed by atoms with Gasteiger partial charge in [0.2, 0.25) is 0 Å². The minimum absolute atomic E-state index is 0.534. The Bertz CT molecular complexity index is 349. The fourth-order valence-corrected chi connectivity index (χ4v) is 1.20. The lowest BCUT2D eigenvalue weighted by Gasteiger charge is -2.01. The van der Waals surface area contributed by atoms with Crippen LogP contribution in [0.4, 0.5) is 5.69 Å². The molecule has 1 nitrogen and oxygen atoms in total. The third-order valence-corrected chi connectivity index (χ3v) is 1.76. The first-order valence-electron chi connectivity index (χ1n) is 4.07. The molecule has 0 bridgehead atoms. The number of aryl methyl sites for hydroxylation is 1. The van der Waals surface area contributed by atoms with Crippen LogP contribution < -0.4 is 0 Å². The largest absolute Gasteiger partial charge is 0.241 e. The van der Waals surface area contributed by atoms with Crippen LogP contribution in [0.25, 0.3) is 6.08 Å². The van der Waals surface area contributed by atoms with Gasteiger partial charge in [-0.1, -0.05) is 35.9 Å². The van der Waals surface area contributed by atoms with Crippen LogP contribution in [-0.4, -0.2) is 5.17 Å². The van der Waals surface area contributed by atoms with Gasteiger partial charge in [0.05, 0.1) is 5.69 Å². The summed E-state index contributed by atoms with van der Waals surface area (Å²) < 4.78 is 0. The van der Waals surface area contributed by atoms with E-state index >= 15 is 0 Å². The maximum Gasteiger partial charge on any atom is 0.103 e. The Morgan fingerprint density at radius 1 is 1.54 bits per heavy atom. The number of rotatable bonds is 2. The molecule has 0 saturated heterocycles. The zero-order chi connectivity index (χ0) is 9.84. The molecule has 0 aliphatic heterocycles. The molecule has 0 aromatic heterocycles. The van der Waals surface area contributed by atoms with Gasteiger partial charge in [-0.2, -0.15) is 0 Å². The van der Waals surface area contributed by atoms with E-state index in [4.69, 9.17) is 11.6 Å². The first-order chi connectivity index (χ1) is 6.13. The second kappa shape index (κ2) is 4.24. The molecule has 0 heterocycles. The van der Waals surface area contributed by atoms with Crippen molar-refractivity contribution in [1.29, 1.82) is 0 Å². The minimum Gasteiger partial charge on any atom is -0.241 e. The lowest BCUT2D eigenvalue weighted by atomic mass is 10.1. The van der Waals surface area contributed by atoms with E-state index in [2.05, 4.69) is 11.6 Å².